The number of hydrogen-bond donors (Lipinski definition) is 2. The fourth-order valence-corrected chi connectivity index (χ4v) is 3.40. The number of aromatic nitrogens is 4. The van der Waals surface area contributed by atoms with Crippen molar-refractivity contribution in [3.05, 3.63) is 46.4 Å². The Morgan fingerprint density at radius 1 is 1.17 bits per heavy atom. The van der Waals surface area contributed by atoms with Gasteiger partial charge in [-0.15, -0.1) is 0 Å². The van der Waals surface area contributed by atoms with Gasteiger partial charge in [0.25, 0.3) is 0 Å². The molecule has 2 aromatic heterocycles. The molecule has 7 nitrogen and oxygen atoms in total. The van der Waals surface area contributed by atoms with E-state index in [9.17, 15) is 4.79 Å². The molecule has 0 aliphatic heterocycles. The summed E-state index contributed by atoms with van der Waals surface area (Å²) in [6, 6.07) is 7.69. The standard InChI is InChI=1S/C21H26ClN5O2/c1-3-6-16-19-20(27(2)26-16)21(23-13-14-9-11-15(22)12-10-14)25-17(24-19)7-4-5-8-18(28)29/h9-12H,3-8,13H2,1-2H3,(H,28,29)(H,23,24,25). The summed E-state index contributed by atoms with van der Waals surface area (Å²) in [5, 5.41) is 17.6. The summed E-state index contributed by atoms with van der Waals surface area (Å²) in [6.45, 7) is 2.73. The van der Waals surface area contributed by atoms with Crippen molar-refractivity contribution in [3.63, 3.8) is 0 Å². The highest BCUT2D eigenvalue weighted by Gasteiger charge is 2.17. The van der Waals surface area contributed by atoms with Gasteiger partial charge in [0.15, 0.2) is 5.82 Å². The Labute approximate surface area is 175 Å². The zero-order valence-corrected chi connectivity index (χ0v) is 17.5. The Balaban J connectivity index is 1.87. The average Bonchev–Trinajstić information content (AvgIpc) is 3.00. The topological polar surface area (TPSA) is 92.9 Å². The van der Waals surface area contributed by atoms with Gasteiger partial charge in [-0.2, -0.15) is 5.10 Å². The van der Waals surface area contributed by atoms with E-state index < -0.39 is 5.97 Å². The Morgan fingerprint density at radius 3 is 2.62 bits per heavy atom. The van der Waals surface area contributed by atoms with Crippen molar-refractivity contribution < 1.29 is 9.90 Å². The van der Waals surface area contributed by atoms with Crippen molar-refractivity contribution >= 4 is 34.4 Å². The largest absolute Gasteiger partial charge is 0.481 e. The zero-order valence-electron chi connectivity index (χ0n) is 16.8. The van der Waals surface area contributed by atoms with Crippen molar-refractivity contribution in [2.45, 2.75) is 52.0 Å². The molecule has 2 heterocycles. The molecule has 0 bridgehead atoms. The molecule has 0 atom stereocenters. The molecule has 8 heteroatoms. The molecule has 2 N–H and O–H groups in total. The lowest BCUT2D eigenvalue weighted by Gasteiger charge is -2.10. The van der Waals surface area contributed by atoms with E-state index >= 15 is 0 Å². The van der Waals surface area contributed by atoms with Crippen molar-refractivity contribution in [1.82, 2.24) is 19.7 Å². The number of nitrogens with one attached hydrogen (secondary N) is 1. The average molecular weight is 416 g/mol. The van der Waals surface area contributed by atoms with E-state index in [1.807, 2.05) is 36.0 Å². The van der Waals surface area contributed by atoms with Crippen LogP contribution in [0.25, 0.3) is 11.0 Å². The number of unbranched alkanes of at least 4 members (excludes halogenated alkanes) is 1. The number of rotatable bonds is 10. The summed E-state index contributed by atoms with van der Waals surface area (Å²) in [5.41, 5.74) is 3.82. The number of halogens is 1. The third-order valence-corrected chi connectivity index (χ3v) is 4.95. The van der Waals surface area contributed by atoms with Crippen LogP contribution in [0.2, 0.25) is 5.02 Å². The fraction of sp³-hybridized carbons (Fsp3) is 0.429. The second-order valence-corrected chi connectivity index (χ2v) is 7.52. The van der Waals surface area contributed by atoms with Crippen molar-refractivity contribution in [1.29, 1.82) is 0 Å². The molecule has 0 saturated heterocycles. The number of hydrogen-bond acceptors (Lipinski definition) is 5. The summed E-state index contributed by atoms with van der Waals surface area (Å²) in [4.78, 5) is 20.2. The number of nitrogens with zero attached hydrogens (tertiary/aromatic N) is 4. The zero-order chi connectivity index (χ0) is 20.8. The molecule has 154 valence electrons. The van der Waals surface area contributed by atoms with E-state index in [1.54, 1.807) is 0 Å². The minimum Gasteiger partial charge on any atom is -0.481 e. The number of benzene rings is 1. The van der Waals surface area contributed by atoms with Gasteiger partial charge in [0.2, 0.25) is 0 Å². The molecule has 0 spiro atoms. The van der Waals surface area contributed by atoms with Crippen molar-refractivity contribution in [2.75, 3.05) is 5.32 Å². The van der Waals surface area contributed by atoms with E-state index in [2.05, 4.69) is 17.3 Å². The number of anilines is 1. The predicted molar refractivity (Wildman–Crippen MR) is 114 cm³/mol. The summed E-state index contributed by atoms with van der Waals surface area (Å²) in [6.07, 6.45) is 3.98. The van der Waals surface area contributed by atoms with Crippen LogP contribution in [-0.4, -0.2) is 30.8 Å². The van der Waals surface area contributed by atoms with Gasteiger partial charge in [-0.3, -0.25) is 9.48 Å². The van der Waals surface area contributed by atoms with Gasteiger partial charge in [0.05, 0.1) is 5.69 Å². The quantitative estimate of drug-likeness (QED) is 0.477. The lowest BCUT2D eigenvalue weighted by molar-refractivity contribution is -0.137. The van der Waals surface area contributed by atoms with E-state index in [0.29, 0.717) is 30.2 Å². The summed E-state index contributed by atoms with van der Waals surface area (Å²) >= 11 is 5.97. The molecule has 1 aromatic carbocycles. The second kappa shape index (κ2) is 9.69. The smallest absolute Gasteiger partial charge is 0.303 e. The summed E-state index contributed by atoms with van der Waals surface area (Å²) in [5.74, 6) is 0.687. The van der Waals surface area contributed by atoms with Crippen LogP contribution in [0.4, 0.5) is 5.82 Å². The Morgan fingerprint density at radius 2 is 1.93 bits per heavy atom. The van der Waals surface area contributed by atoms with Gasteiger partial charge in [0.1, 0.15) is 16.9 Å². The fourth-order valence-electron chi connectivity index (χ4n) is 3.27. The molecule has 0 aliphatic carbocycles. The van der Waals surface area contributed by atoms with Gasteiger partial charge in [-0.1, -0.05) is 37.1 Å². The van der Waals surface area contributed by atoms with Crippen LogP contribution in [0, 0.1) is 0 Å². The Hall–Kier alpha value is -2.67. The third-order valence-electron chi connectivity index (χ3n) is 4.70. The number of aliphatic carboxylic acids is 1. The van der Waals surface area contributed by atoms with Crippen molar-refractivity contribution in [2.24, 2.45) is 7.05 Å². The van der Waals surface area contributed by atoms with Crippen LogP contribution in [0.1, 0.15) is 49.7 Å². The molecule has 0 aliphatic rings. The van der Waals surface area contributed by atoms with Gasteiger partial charge in [-0.05, 0) is 37.0 Å². The second-order valence-electron chi connectivity index (χ2n) is 7.09. The maximum absolute atomic E-state index is 10.7. The minimum atomic E-state index is -0.774. The number of fused-ring (bicyclic) bond motifs is 1. The van der Waals surface area contributed by atoms with E-state index in [1.165, 1.54) is 0 Å². The first-order valence-electron chi connectivity index (χ1n) is 9.90. The van der Waals surface area contributed by atoms with Crippen LogP contribution < -0.4 is 5.32 Å². The van der Waals surface area contributed by atoms with E-state index in [4.69, 9.17) is 26.7 Å². The highest BCUT2D eigenvalue weighted by atomic mass is 35.5. The molecule has 29 heavy (non-hydrogen) atoms. The Bertz CT molecular complexity index is 985. The first-order valence-corrected chi connectivity index (χ1v) is 10.3. The lowest BCUT2D eigenvalue weighted by atomic mass is 10.1. The molecule has 0 unspecified atom stereocenters. The predicted octanol–water partition coefficient (Wildman–Crippen LogP) is 4.38. The SMILES string of the molecule is CCCc1nn(C)c2c(NCc3ccc(Cl)cc3)nc(CCCCC(=O)O)nc12. The maximum Gasteiger partial charge on any atom is 0.303 e. The molecular formula is C21H26ClN5O2. The van der Waals surface area contributed by atoms with Crippen LogP contribution >= 0.6 is 11.6 Å². The van der Waals surface area contributed by atoms with Gasteiger partial charge in [0, 0.05) is 31.5 Å². The van der Waals surface area contributed by atoms with Crippen LogP contribution in [-0.2, 0) is 31.2 Å². The normalized spacial score (nSPS) is 11.1. The monoisotopic (exact) mass is 415 g/mol. The number of aryl methyl sites for hydroxylation is 3. The van der Waals surface area contributed by atoms with Gasteiger partial charge < -0.3 is 10.4 Å². The molecule has 0 saturated carbocycles. The van der Waals surface area contributed by atoms with Crippen LogP contribution in [0.5, 0.6) is 0 Å². The molecule has 0 fully saturated rings. The molecular weight excluding hydrogens is 390 g/mol. The number of carboxylic acids is 1. The first kappa shape index (κ1) is 21.0. The summed E-state index contributed by atoms with van der Waals surface area (Å²) < 4.78 is 1.83. The molecule has 3 aromatic rings. The first-order chi connectivity index (χ1) is 14.0. The van der Waals surface area contributed by atoms with E-state index in [-0.39, 0.29) is 6.42 Å². The summed E-state index contributed by atoms with van der Waals surface area (Å²) in [7, 11) is 1.91. The molecule has 0 radical (unpaired) electrons. The molecule has 3 rings (SSSR count). The van der Waals surface area contributed by atoms with E-state index in [0.717, 1.165) is 47.4 Å². The van der Waals surface area contributed by atoms with Crippen molar-refractivity contribution in [3.8, 4) is 0 Å². The highest BCUT2D eigenvalue weighted by Crippen LogP contribution is 2.25. The highest BCUT2D eigenvalue weighted by molar-refractivity contribution is 6.30. The van der Waals surface area contributed by atoms with Crippen LogP contribution in [0.3, 0.4) is 0 Å². The van der Waals surface area contributed by atoms with Gasteiger partial charge >= 0.3 is 5.97 Å². The third kappa shape index (κ3) is 5.44. The van der Waals surface area contributed by atoms with Crippen LogP contribution in [0.15, 0.2) is 24.3 Å². The minimum absolute atomic E-state index is 0.165. The molecule has 0 amide bonds. The maximum atomic E-state index is 10.7. The Kier molecular flexibility index (Phi) is 7.04. The van der Waals surface area contributed by atoms with Gasteiger partial charge in [-0.25, -0.2) is 9.97 Å². The lowest BCUT2D eigenvalue weighted by Crippen LogP contribution is -2.07. The number of carbonyl (C=O) groups is 1. The number of carboxylic acid groups (broad SMARTS) is 1.